The van der Waals surface area contributed by atoms with Crippen molar-refractivity contribution in [3.8, 4) is 11.5 Å². The van der Waals surface area contributed by atoms with Gasteiger partial charge < -0.3 is 15.2 Å². The summed E-state index contributed by atoms with van der Waals surface area (Å²) in [5.74, 6) is 3.17. The van der Waals surface area contributed by atoms with Crippen molar-refractivity contribution in [2.24, 2.45) is 5.73 Å². The molecule has 0 radical (unpaired) electrons. The summed E-state index contributed by atoms with van der Waals surface area (Å²) < 4.78 is 10.6. The molecule has 2 rings (SSSR count). The third-order valence-corrected chi connectivity index (χ3v) is 3.45. The van der Waals surface area contributed by atoms with Crippen LogP contribution in [0.15, 0.2) is 18.2 Å². The molecule has 0 saturated carbocycles. The number of primary amides is 1. The van der Waals surface area contributed by atoms with Gasteiger partial charge in [-0.25, -0.2) is 0 Å². The van der Waals surface area contributed by atoms with Crippen LogP contribution in [-0.4, -0.2) is 24.2 Å². The highest BCUT2D eigenvalue weighted by atomic mass is 32.2. The van der Waals surface area contributed by atoms with Gasteiger partial charge in [0.25, 0.3) is 0 Å². The molecule has 1 heterocycles. The molecule has 0 spiro atoms. The number of rotatable bonds is 6. The van der Waals surface area contributed by atoms with Crippen LogP contribution in [0.25, 0.3) is 0 Å². The minimum Gasteiger partial charge on any atom is -0.454 e. The van der Waals surface area contributed by atoms with Crippen LogP contribution in [0.2, 0.25) is 0 Å². The molecule has 0 atom stereocenters. The van der Waals surface area contributed by atoms with Crippen LogP contribution in [0.5, 0.6) is 11.5 Å². The Labute approximate surface area is 104 Å². The number of aryl methyl sites for hydroxylation is 1. The summed E-state index contributed by atoms with van der Waals surface area (Å²) in [6.07, 6.45) is 1.41. The lowest BCUT2D eigenvalue weighted by Crippen LogP contribution is -2.11. The molecule has 4 nitrogen and oxygen atoms in total. The Balaban J connectivity index is 1.74. The van der Waals surface area contributed by atoms with Crippen LogP contribution in [0.4, 0.5) is 0 Å². The first kappa shape index (κ1) is 12.1. The summed E-state index contributed by atoms with van der Waals surface area (Å²) in [7, 11) is 0. The van der Waals surface area contributed by atoms with Gasteiger partial charge in [0.05, 0.1) is 0 Å². The lowest BCUT2D eigenvalue weighted by atomic mass is 10.1. The number of amides is 1. The number of hydrogen-bond acceptors (Lipinski definition) is 4. The van der Waals surface area contributed by atoms with E-state index in [-0.39, 0.29) is 5.91 Å². The van der Waals surface area contributed by atoms with Gasteiger partial charge in [0, 0.05) is 12.2 Å². The molecule has 0 aromatic heterocycles. The lowest BCUT2D eigenvalue weighted by molar-refractivity contribution is -0.117. The molecule has 1 aliphatic rings. The van der Waals surface area contributed by atoms with E-state index in [0.29, 0.717) is 13.2 Å². The lowest BCUT2D eigenvalue weighted by Gasteiger charge is -2.03. The molecule has 0 fully saturated rings. The first-order chi connectivity index (χ1) is 8.25. The van der Waals surface area contributed by atoms with E-state index in [2.05, 4.69) is 0 Å². The Hall–Kier alpha value is -1.36. The molecule has 17 heavy (non-hydrogen) atoms. The Bertz CT molecular complexity index is 409. The van der Waals surface area contributed by atoms with Crippen LogP contribution in [0.3, 0.4) is 0 Å². The summed E-state index contributed by atoms with van der Waals surface area (Å²) in [4.78, 5) is 10.5. The summed E-state index contributed by atoms with van der Waals surface area (Å²) in [5, 5.41) is 0. The van der Waals surface area contributed by atoms with Gasteiger partial charge >= 0.3 is 0 Å². The van der Waals surface area contributed by atoms with Crippen molar-refractivity contribution in [1.29, 1.82) is 0 Å². The van der Waals surface area contributed by atoms with Gasteiger partial charge in [-0.05, 0) is 29.9 Å². The van der Waals surface area contributed by atoms with E-state index in [1.165, 1.54) is 5.56 Å². The number of thioether (sulfide) groups is 1. The van der Waals surface area contributed by atoms with Gasteiger partial charge in [-0.15, -0.1) is 0 Å². The number of ether oxygens (including phenoxy) is 2. The van der Waals surface area contributed by atoms with Crippen molar-refractivity contribution in [2.75, 3.05) is 18.3 Å². The van der Waals surface area contributed by atoms with Gasteiger partial charge in [-0.3, -0.25) is 4.79 Å². The fourth-order valence-corrected chi connectivity index (χ4v) is 2.49. The minimum atomic E-state index is -0.236. The smallest absolute Gasteiger partial charge is 0.231 e. The van der Waals surface area contributed by atoms with E-state index in [4.69, 9.17) is 15.2 Å². The second-order valence-corrected chi connectivity index (χ2v) is 4.99. The SMILES string of the molecule is NC(=O)CCSCCc1ccc2c(c1)OCO2. The Kier molecular flexibility index (Phi) is 4.14. The predicted octanol–water partition coefficient (Wildman–Crippen LogP) is 1.57. The second-order valence-electron chi connectivity index (χ2n) is 3.77. The molecule has 1 amide bonds. The van der Waals surface area contributed by atoms with E-state index in [9.17, 15) is 4.79 Å². The van der Waals surface area contributed by atoms with Crippen molar-refractivity contribution in [2.45, 2.75) is 12.8 Å². The zero-order valence-electron chi connectivity index (χ0n) is 9.48. The van der Waals surface area contributed by atoms with Crippen molar-refractivity contribution < 1.29 is 14.3 Å². The molecule has 92 valence electrons. The zero-order valence-corrected chi connectivity index (χ0v) is 10.3. The van der Waals surface area contributed by atoms with Gasteiger partial charge in [0.1, 0.15) is 0 Å². The third-order valence-electron chi connectivity index (χ3n) is 2.46. The van der Waals surface area contributed by atoms with Gasteiger partial charge in [0.2, 0.25) is 12.7 Å². The maximum absolute atomic E-state index is 10.5. The quantitative estimate of drug-likeness (QED) is 0.782. The predicted molar refractivity (Wildman–Crippen MR) is 67.4 cm³/mol. The fraction of sp³-hybridized carbons (Fsp3) is 0.417. The Morgan fingerprint density at radius 3 is 2.94 bits per heavy atom. The highest BCUT2D eigenvalue weighted by molar-refractivity contribution is 7.99. The molecule has 2 N–H and O–H groups in total. The highest BCUT2D eigenvalue weighted by Crippen LogP contribution is 2.32. The van der Waals surface area contributed by atoms with E-state index >= 15 is 0 Å². The van der Waals surface area contributed by atoms with Crippen molar-refractivity contribution in [1.82, 2.24) is 0 Å². The van der Waals surface area contributed by atoms with Crippen LogP contribution in [0.1, 0.15) is 12.0 Å². The first-order valence-corrected chi connectivity index (χ1v) is 6.66. The van der Waals surface area contributed by atoms with Crippen molar-refractivity contribution >= 4 is 17.7 Å². The van der Waals surface area contributed by atoms with E-state index in [1.54, 1.807) is 11.8 Å². The molecule has 1 aromatic rings. The monoisotopic (exact) mass is 253 g/mol. The van der Waals surface area contributed by atoms with E-state index in [0.717, 1.165) is 29.4 Å². The van der Waals surface area contributed by atoms with E-state index < -0.39 is 0 Å². The second kappa shape index (κ2) is 5.82. The Morgan fingerprint density at radius 2 is 2.12 bits per heavy atom. The summed E-state index contributed by atoms with van der Waals surface area (Å²) >= 11 is 1.74. The van der Waals surface area contributed by atoms with E-state index in [1.807, 2.05) is 18.2 Å². The number of carbonyl (C=O) groups is 1. The topological polar surface area (TPSA) is 61.6 Å². The van der Waals surface area contributed by atoms with Crippen LogP contribution in [-0.2, 0) is 11.2 Å². The average molecular weight is 253 g/mol. The van der Waals surface area contributed by atoms with Gasteiger partial charge in [-0.2, -0.15) is 11.8 Å². The zero-order chi connectivity index (χ0) is 12.1. The van der Waals surface area contributed by atoms with Crippen molar-refractivity contribution in [3.63, 3.8) is 0 Å². The molecule has 0 unspecified atom stereocenters. The molecule has 0 saturated heterocycles. The third kappa shape index (κ3) is 3.56. The molecule has 1 aromatic carbocycles. The van der Waals surface area contributed by atoms with Gasteiger partial charge in [0.15, 0.2) is 11.5 Å². The molecule has 5 heteroatoms. The summed E-state index contributed by atoms with van der Waals surface area (Å²) in [5.41, 5.74) is 6.29. The summed E-state index contributed by atoms with van der Waals surface area (Å²) in [6, 6.07) is 5.99. The number of hydrogen-bond donors (Lipinski definition) is 1. The van der Waals surface area contributed by atoms with Crippen molar-refractivity contribution in [3.05, 3.63) is 23.8 Å². The molecular weight excluding hydrogens is 238 g/mol. The number of carbonyl (C=O) groups excluding carboxylic acids is 1. The minimum absolute atomic E-state index is 0.236. The molecule has 1 aliphatic heterocycles. The Morgan fingerprint density at radius 1 is 1.29 bits per heavy atom. The normalized spacial score (nSPS) is 12.7. The number of fused-ring (bicyclic) bond motifs is 1. The highest BCUT2D eigenvalue weighted by Gasteiger charge is 2.12. The number of benzene rings is 1. The average Bonchev–Trinajstić information content (AvgIpc) is 2.75. The summed E-state index contributed by atoms with van der Waals surface area (Å²) in [6.45, 7) is 0.312. The first-order valence-electron chi connectivity index (χ1n) is 5.50. The maximum atomic E-state index is 10.5. The fourth-order valence-electron chi connectivity index (χ4n) is 1.56. The molecule has 0 bridgehead atoms. The largest absolute Gasteiger partial charge is 0.454 e. The van der Waals surface area contributed by atoms with Crippen LogP contribution < -0.4 is 15.2 Å². The standard InChI is InChI=1S/C12H15NO3S/c13-12(14)4-6-17-5-3-9-1-2-10-11(7-9)16-8-15-10/h1-2,7H,3-6,8H2,(H2,13,14). The van der Waals surface area contributed by atoms with Gasteiger partial charge in [-0.1, -0.05) is 6.07 Å². The maximum Gasteiger partial charge on any atom is 0.231 e. The molecule has 0 aliphatic carbocycles. The molecular formula is C12H15NO3S. The number of nitrogens with two attached hydrogens (primary N) is 1. The van der Waals surface area contributed by atoms with Crippen LogP contribution in [0, 0.1) is 0 Å². The van der Waals surface area contributed by atoms with Crippen LogP contribution >= 0.6 is 11.8 Å².